The zero-order valence-electron chi connectivity index (χ0n) is 7.89. The van der Waals surface area contributed by atoms with Gasteiger partial charge < -0.3 is 4.57 Å². The summed E-state index contributed by atoms with van der Waals surface area (Å²) in [5.74, 6) is 0. The lowest BCUT2D eigenvalue weighted by Gasteiger charge is -2.15. The van der Waals surface area contributed by atoms with Gasteiger partial charge in [0.05, 0.1) is 0 Å². The molecule has 0 amide bonds. The highest BCUT2D eigenvalue weighted by Gasteiger charge is 2.13. The number of hydrogen-bond acceptors (Lipinski definition) is 0. The summed E-state index contributed by atoms with van der Waals surface area (Å²) in [5.41, 5.74) is 1.71. The maximum Gasteiger partial charge on any atom is 0.0191 e. The molecule has 0 aliphatic heterocycles. The first-order valence-corrected chi connectivity index (χ1v) is 4.20. The number of rotatable bonds is 1. The molecule has 0 radical (unpaired) electrons. The molecule has 0 saturated heterocycles. The lowest BCUT2D eigenvalue weighted by molar-refractivity contribution is 0.587. The molecule has 0 bridgehead atoms. The quantitative estimate of drug-likeness (QED) is 0.581. The van der Waals surface area contributed by atoms with Crippen LogP contribution in [-0.4, -0.2) is 4.57 Å². The number of hydrogen-bond donors (Lipinski definition) is 0. The Labute approximate surface area is 69.0 Å². The smallest absolute Gasteiger partial charge is 0.0191 e. The van der Waals surface area contributed by atoms with Crippen molar-refractivity contribution in [3.8, 4) is 0 Å². The molecule has 0 N–H and O–H groups in total. The summed E-state index contributed by atoms with van der Waals surface area (Å²) in [6, 6.07) is 2.20. The van der Waals surface area contributed by atoms with Crippen LogP contribution in [0.3, 0.4) is 0 Å². The third-order valence-electron chi connectivity index (χ3n) is 1.98. The lowest BCUT2D eigenvalue weighted by atomic mass is 9.89. The third kappa shape index (κ3) is 1.86. The third-order valence-corrected chi connectivity index (χ3v) is 1.98. The van der Waals surface area contributed by atoms with Gasteiger partial charge in [-0.25, -0.2) is 0 Å². The predicted octanol–water partition coefficient (Wildman–Crippen LogP) is 2.81. The molecule has 0 aromatic carbocycles. The molecule has 0 aliphatic rings. The van der Waals surface area contributed by atoms with Crippen molar-refractivity contribution in [2.24, 2.45) is 0 Å². The van der Waals surface area contributed by atoms with E-state index in [1.54, 1.807) is 0 Å². The van der Waals surface area contributed by atoms with Crippen LogP contribution in [0.1, 0.15) is 33.3 Å². The first-order valence-electron chi connectivity index (χ1n) is 4.20. The molecule has 0 saturated carbocycles. The average Bonchev–Trinajstić information content (AvgIpc) is 2.32. The average molecular weight is 151 g/mol. The topological polar surface area (TPSA) is 4.93 Å². The van der Waals surface area contributed by atoms with Crippen molar-refractivity contribution < 1.29 is 0 Å². The second-order valence-electron chi connectivity index (χ2n) is 3.98. The van der Waals surface area contributed by atoms with Gasteiger partial charge in [-0.15, -0.1) is 0 Å². The first kappa shape index (κ1) is 8.38. The van der Waals surface area contributed by atoms with Gasteiger partial charge in [0.15, 0.2) is 0 Å². The second kappa shape index (κ2) is 2.72. The van der Waals surface area contributed by atoms with E-state index in [9.17, 15) is 0 Å². The minimum Gasteiger partial charge on any atom is -0.354 e. The Balaban J connectivity index is 2.89. The van der Waals surface area contributed by atoms with Crippen LogP contribution < -0.4 is 0 Å². The zero-order valence-corrected chi connectivity index (χ0v) is 7.89. The van der Waals surface area contributed by atoms with Crippen LogP contribution in [0.2, 0.25) is 0 Å². The molecule has 0 spiro atoms. The summed E-state index contributed by atoms with van der Waals surface area (Å²) >= 11 is 0. The van der Waals surface area contributed by atoms with Gasteiger partial charge in [0, 0.05) is 18.9 Å². The van der Waals surface area contributed by atoms with Gasteiger partial charge in [-0.2, -0.15) is 0 Å². The fourth-order valence-corrected chi connectivity index (χ4v) is 1.08. The molecule has 11 heavy (non-hydrogen) atoms. The van der Waals surface area contributed by atoms with Crippen molar-refractivity contribution in [2.45, 2.75) is 39.7 Å². The summed E-state index contributed by atoms with van der Waals surface area (Å²) < 4.78 is 2.21. The number of aromatic nitrogens is 1. The Bertz CT molecular complexity index is 227. The maximum absolute atomic E-state index is 2.24. The summed E-state index contributed by atoms with van der Waals surface area (Å²) in [5, 5.41) is 0. The van der Waals surface area contributed by atoms with E-state index in [-0.39, 0.29) is 0 Å². The van der Waals surface area contributed by atoms with E-state index in [1.807, 2.05) is 0 Å². The van der Waals surface area contributed by atoms with Gasteiger partial charge in [-0.1, -0.05) is 20.8 Å². The predicted molar refractivity (Wildman–Crippen MR) is 48.8 cm³/mol. The number of aryl methyl sites for hydroxylation is 1. The van der Waals surface area contributed by atoms with E-state index in [0.29, 0.717) is 5.41 Å². The molecule has 62 valence electrons. The maximum atomic E-state index is 2.24. The molecule has 1 heteroatoms. The van der Waals surface area contributed by atoms with Crippen LogP contribution in [0.25, 0.3) is 0 Å². The Morgan fingerprint density at radius 1 is 1.36 bits per heavy atom. The molecule has 0 atom stereocenters. The van der Waals surface area contributed by atoms with Crippen molar-refractivity contribution in [1.82, 2.24) is 4.57 Å². The van der Waals surface area contributed by atoms with Gasteiger partial charge in [-0.3, -0.25) is 0 Å². The summed E-state index contributed by atoms with van der Waals surface area (Å²) in [6.45, 7) is 9.94. The first-order chi connectivity index (χ1) is 5.04. The zero-order chi connectivity index (χ0) is 8.48. The van der Waals surface area contributed by atoms with E-state index in [4.69, 9.17) is 0 Å². The van der Waals surface area contributed by atoms with Crippen molar-refractivity contribution in [1.29, 1.82) is 0 Å². The van der Waals surface area contributed by atoms with Crippen molar-refractivity contribution in [2.75, 3.05) is 0 Å². The summed E-state index contributed by atoms with van der Waals surface area (Å²) in [6.07, 6.45) is 4.36. The molecule has 1 nitrogen and oxygen atoms in total. The van der Waals surface area contributed by atoms with Crippen LogP contribution >= 0.6 is 0 Å². The molecule has 1 aromatic heterocycles. The Morgan fingerprint density at radius 3 is 2.27 bits per heavy atom. The standard InChI is InChI=1S/C10H17N/c1-5-11-7-6-9(8-11)10(2,3)4/h6-8H,5H2,1-4H3. The van der Waals surface area contributed by atoms with Crippen molar-refractivity contribution in [3.63, 3.8) is 0 Å². The van der Waals surface area contributed by atoms with Crippen LogP contribution in [0.15, 0.2) is 18.5 Å². The second-order valence-corrected chi connectivity index (χ2v) is 3.98. The van der Waals surface area contributed by atoms with E-state index < -0.39 is 0 Å². The highest BCUT2D eigenvalue weighted by atomic mass is 14.9. The van der Waals surface area contributed by atoms with Crippen LogP contribution in [0.4, 0.5) is 0 Å². The Kier molecular flexibility index (Phi) is 2.08. The molecule has 1 rings (SSSR count). The highest BCUT2D eigenvalue weighted by Crippen LogP contribution is 2.21. The molecular weight excluding hydrogens is 134 g/mol. The van der Waals surface area contributed by atoms with E-state index in [0.717, 1.165) is 6.54 Å². The number of nitrogens with zero attached hydrogens (tertiary/aromatic N) is 1. The van der Waals surface area contributed by atoms with Crippen molar-refractivity contribution >= 4 is 0 Å². The largest absolute Gasteiger partial charge is 0.354 e. The van der Waals surface area contributed by atoms with E-state index >= 15 is 0 Å². The fraction of sp³-hybridized carbons (Fsp3) is 0.600. The monoisotopic (exact) mass is 151 g/mol. The van der Waals surface area contributed by atoms with Crippen LogP contribution in [0.5, 0.6) is 0 Å². The van der Waals surface area contributed by atoms with E-state index in [1.165, 1.54) is 5.56 Å². The minimum absolute atomic E-state index is 0.292. The van der Waals surface area contributed by atoms with Gasteiger partial charge >= 0.3 is 0 Å². The highest BCUT2D eigenvalue weighted by molar-refractivity contribution is 5.19. The normalized spacial score (nSPS) is 12.0. The van der Waals surface area contributed by atoms with Gasteiger partial charge in [-0.05, 0) is 24.0 Å². The lowest BCUT2D eigenvalue weighted by Crippen LogP contribution is -2.09. The van der Waals surface area contributed by atoms with Gasteiger partial charge in [0.1, 0.15) is 0 Å². The van der Waals surface area contributed by atoms with Crippen LogP contribution in [0, 0.1) is 0 Å². The van der Waals surface area contributed by atoms with Gasteiger partial charge in [0.25, 0.3) is 0 Å². The fourth-order valence-electron chi connectivity index (χ4n) is 1.08. The van der Waals surface area contributed by atoms with Gasteiger partial charge in [0.2, 0.25) is 0 Å². The SMILES string of the molecule is CCn1ccc(C(C)(C)C)c1. The van der Waals surface area contributed by atoms with E-state index in [2.05, 4.69) is 50.7 Å². The summed E-state index contributed by atoms with van der Waals surface area (Å²) in [7, 11) is 0. The van der Waals surface area contributed by atoms with Crippen LogP contribution in [-0.2, 0) is 12.0 Å². The molecule has 0 aliphatic carbocycles. The molecule has 1 aromatic rings. The Hall–Kier alpha value is -0.720. The molecule has 0 unspecified atom stereocenters. The molecular formula is C10H17N. The van der Waals surface area contributed by atoms with Crippen molar-refractivity contribution in [3.05, 3.63) is 24.0 Å². The minimum atomic E-state index is 0.292. The molecule has 1 heterocycles. The Morgan fingerprint density at radius 2 is 2.00 bits per heavy atom. The molecule has 0 fully saturated rings. The summed E-state index contributed by atoms with van der Waals surface area (Å²) in [4.78, 5) is 0.